The number of hydrogen-bond acceptors (Lipinski definition) is 8. The predicted octanol–water partition coefficient (Wildman–Crippen LogP) is 8.69. The number of fused-ring (bicyclic) bond motifs is 1. The maximum atomic E-state index is 13.7. The summed E-state index contributed by atoms with van der Waals surface area (Å²) < 4.78 is 6.66. The topological polar surface area (TPSA) is 92.6 Å². The third kappa shape index (κ3) is 6.61. The fourth-order valence-electron chi connectivity index (χ4n) is 5.21. The van der Waals surface area contributed by atoms with E-state index in [9.17, 15) is 14.7 Å². The van der Waals surface area contributed by atoms with Crippen molar-refractivity contribution < 1.29 is 19.4 Å². The molecule has 2 heterocycles. The summed E-state index contributed by atoms with van der Waals surface area (Å²) in [5, 5.41) is 23.2. The molecule has 0 aliphatic carbocycles. The summed E-state index contributed by atoms with van der Waals surface area (Å²) in [4.78, 5) is 28.6. The number of thioether (sulfide) groups is 1. The van der Waals surface area contributed by atoms with Gasteiger partial charge in [0, 0.05) is 16.3 Å². The molecular weight excluding hydrogens is 626 g/mol. The lowest BCUT2D eigenvalue weighted by Crippen LogP contribution is -2.29. The van der Waals surface area contributed by atoms with Gasteiger partial charge in [0.1, 0.15) is 11.5 Å². The molecule has 0 saturated carbocycles. The number of halogens is 1. The molecule has 1 aliphatic rings. The fraction of sp³-hybridized carbons (Fsp3) is 0.200. The van der Waals surface area contributed by atoms with E-state index in [4.69, 9.17) is 16.3 Å². The van der Waals surface area contributed by atoms with Crippen LogP contribution >= 0.6 is 34.7 Å². The monoisotopic (exact) mass is 655 g/mol. The summed E-state index contributed by atoms with van der Waals surface area (Å²) in [7, 11) is 0. The van der Waals surface area contributed by atoms with Crippen molar-refractivity contribution in [2.75, 3.05) is 11.5 Å². The SMILES string of the molecule is CC(C)CCOc1cccc(C2C(=C(O)c3ccc(Cl)cc3)C(=O)C(=O)N2c2nnc(SCc3cccc4ccccc34)s2)c1. The Morgan fingerprint density at radius 2 is 1.76 bits per heavy atom. The molecule has 1 N–H and O–H groups in total. The third-order valence-corrected chi connectivity index (χ3v) is 9.89. The van der Waals surface area contributed by atoms with Crippen LogP contribution in [-0.2, 0) is 15.3 Å². The van der Waals surface area contributed by atoms with Gasteiger partial charge in [-0.1, -0.05) is 103 Å². The molecule has 1 atom stereocenters. The first-order chi connectivity index (χ1) is 21.8. The highest BCUT2D eigenvalue weighted by atomic mass is 35.5. The maximum Gasteiger partial charge on any atom is 0.301 e. The fourth-order valence-corrected chi connectivity index (χ4v) is 7.21. The first-order valence-corrected chi connectivity index (χ1v) is 16.7. The number of amides is 1. The second kappa shape index (κ2) is 13.4. The number of nitrogens with zero attached hydrogens (tertiary/aromatic N) is 3. The van der Waals surface area contributed by atoms with Crippen molar-refractivity contribution >= 4 is 68.1 Å². The van der Waals surface area contributed by atoms with Crippen molar-refractivity contribution in [2.45, 2.75) is 36.4 Å². The normalized spacial score (nSPS) is 16.2. The Balaban J connectivity index is 1.36. The van der Waals surface area contributed by atoms with Gasteiger partial charge in [0.05, 0.1) is 18.2 Å². The highest BCUT2D eigenvalue weighted by Gasteiger charge is 2.48. The van der Waals surface area contributed by atoms with Gasteiger partial charge in [-0.2, -0.15) is 0 Å². The van der Waals surface area contributed by atoms with Gasteiger partial charge in [-0.3, -0.25) is 14.5 Å². The Kier molecular flexibility index (Phi) is 9.21. The van der Waals surface area contributed by atoms with Crippen molar-refractivity contribution in [2.24, 2.45) is 5.92 Å². The highest BCUT2D eigenvalue weighted by molar-refractivity contribution is 8.00. The van der Waals surface area contributed by atoms with Crippen molar-refractivity contribution in [1.82, 2.24) is 10.2 Å². The van der Waals surface area contributed by atoms with Crippen LogP contribution in [0.5, 0.6) is 5.75 Å². The number of rotatable bonds is 10. The quantitative estimate of drug-likeness (QED) is 0.0529. The van der Waals surface area contributed by atoms with Gasteiger partial charge < -0.3 is 9.84 Å². The largest absolute Gasteiger partial charge is 0.507 e. The molecule has 0 radical (unpaired) electrons. The van der Waals surface area contributed by atoms with Gasteiger partial charge in [0.15, 0.2) is 4.34 Å². The minimum absolute atomic E-state index is 0.0400. The van der Waals surface area contributed by atoms with E-state index in [1.54, 1.807) is 30.3 Å². The molecule has 1 fully saturated rings. The van der Waals surface area contributed by atoms with Gasteiger partial charge in [-0.15, -0.1) is 10.2 Å². The molecule has 0 spiro atoms. The minimum atomic E-state index is -0.946. The van der Waals surface area contributed by atoms with E-state index in [0.717, 1.165) is 17.4 Å². The molecule has 45 heavy (non-hydrogen) atoms. The van der Waals surface area contributed by atoms with Crippen LogP contribution in [-0.4, -0.2) is 33.6 Å². The predicted molar refractivity (Wildman–Crippen MR) is 181 cm³/mol. The Labute approximate surface area is 274 Å². The molecule has 1 aliphatic heterocycles. The van der Waals surface area contributed by atoms with Gasteiger partial charge in [-0.05, 0) is 70.6 Å². The number of aromatic nitrogens is 2. The molecule has 6 rings (SSSR count). The van der Waals surface area contributed by atoms with Crippen LogP contribution < -0.4 is 9.64 Å². The zero-order chi connectivity index (χ0) is 31.5. The summed E-state index contributed by atoms with van der Waals surface area (Å²) in [6.45, 7) is 4.78. The third-order valence-electron chi connectivity index (χ3n) is 7.53. The van der Waals surface area contributed by atoms with E-state index in [1.165, 1.54) is 33.4 Å². The van der Waals surface area contributed by atoms with Crippen molar-refractivity contribution in [3.05, 3.63) is 118 Å². The number of ketones is 1. The van der Waals surface area contributed by atoms with Crippen LogP contribution in [0.25, 0.3) is 16.5 Å². The number of carbonyl (C=O) groups is 2. The van der Waals surface area contributed by atoms with Crippen molar-refractivity contribution in [3.63, 3.8) is 0 Å². The van der Waals surface area contributed by atoms with E-state index in [0.29, 0.717) is 44.5 Å². The zero-order valence-electron chi connectivity index (χ0n) is 24.6. The molecule has 4 aromatic carbocycles. The van der Waals surface area contributed by atoms with E-state index in [2.05, 4.69) is 48.3 Å². The zero-order valence-corrected chi connectivity index (χ0v) is 27.0. The average Bonchev–Trinajstić information content (AvgIpc) is 3.61. The van der Waals surface area contributed by atoms with E-state index < -0.39 is 17.7 Å². The standard InChI is InChI=1S/C35H30ClN3O4S2/c1-21(2)17-18-43-27-11-6-9-24(19-27)30-29(31(40)23-13-15-26(36)16-14-23)32(41)33(42)39(30)34-37-38-35(45-34)44-20-25-10-5-8-22-7-3-4-12-28(22)25/h3-16,19,21,30,40H,17-18,20H2,1-2H3. The van der Waals surface area contributed by atoms with Crippen LogP contribution in [0.2, 0.25) is 5.02 Å². The second-order valence-corrected chi connectivity index (χ2v) is 13.7. The summed E-state index contributed by atoms with van der Waals surface area (Å²) >= 11 is 8.82. The van der Waals surface area contributed by atoms with Crippen molar-refractivity contribution in [3.8, 4) is 5.75 Å². The molecule has 1 saturated heterocycles. The second-order valence-electron chi connectivity index (χ2n) is 11.1. The molecule has 228 valence electrons. The first kappa shape index (κ1) is 30.8. The van der Waals surface area contributed by atoms with E-state index in [-0.39, 0.29) is 16.5 Å². The average molecular weight is 656 g/mol. The lowest BCUT2D eigenvalue weighted by atomic mass is 9.95. The number of Topliss-reactive ketones (excluding diaryl/α,β-unsaturated/α-hetero) is 1. The number of aliphatic hydroxyl groups excluding tert-OH is 1. The van der Waals surface area contributed by atoms with Crippen LogP contribution in [0.1, 0.15) is 43.0 Å². The number of benzene rings is 4. The molecular formula is C35H30ClN3O4S2. The minimum Gasteiger partial charge on any atom is -0.507 e. The highest BCUT2D eigenvalue weighted by Crippen LogP contribution is 2.45. The smallest absolute Gasteiger partial charge is 0.301 e. The van der Waals surface area contributed by atoms with Gasteiger partial charge in [-0.25, -0.2) is 0 Å². The van der Waals surface area contributed by atoms with E-state index in [1.807, 2.05) is 36.4 Å². The van der Waals surface area contributed by atoms with Crippen LogP contribution in [0.3, 0.4) is 0 Å². The Morgan fingerprint density at radius 1 is 1.00 bits per heavy atom. The number of ether oxygens (including phenoxy) is 1. The molecule has 0 bridgehead atoms. The van der Waals surface area contributed by atoms with Crippen molar-refractivity contribution in [1.29, 1.82) is 0 Å². The molecule has 7 nitrogen and oxygen atoms in total. The number of hydrogen-bond donors (Lipinski definition) is 1. The maximum absolute atomic E-state index is 13.7. The number of anilines is 1. The summed E-state index contributed by atoms with van der Waals surface area (Å²) in [5.41, 5.74) is 2.09. The van der Waals surface area contributed by atoms with Gasteiger partial charge >= 0.3 is 5.91 Å². The van der Waals surface area contributed by atoms with Crippen LogP contribution in [0.15, 0.2) is 101 Å². The van der Waals surface area contributed by atoms with E-state index >= 15 is 0 Å². The lowest BCUT2D eigenvalue weighted by Gasteiger charge is -2.23. The van der Waals surface area contributed by atoms with Gasteiger partial charge in [0.25, 0.3) is 5.78 Å². The summed E-state index contributed by atoms with van der Waals surface area (Å²) in [5.74, 6) is -0.149. The summed E-state index contributed by atoms with van der Waals surface area (Å²) in [6.07, 6.45) is 0.878. The molecule has 1 unspecified atom stereocenters. The number of aliphatic hydroxyl groups is 1. The van der Waals surface area contributed by atoms with Crippen LogP contribution in [0.4, 0.5) is 5.13 Å². The molecule has 5 aromatic rings. The molecule has 1 amide bonds. The number of carbonyl (C=O) groups excluding carboxylic acids is 2. The summed E-state index contributed by atoms with van der Waals surface area (Å²) in [6, 6.07) is 27.2. The van der Waals surface area contributed by atoms with Crippen LogP contribution in [0, 0.1) is 5.92 Å². The van der Waals surface area contributed by atoms with Gasteiger partial charge in [0.2, 0.25) is 5.13 Å². The molecule has 1 aromatic heterocycles. The lowest BCUT2D eigenvalue weighted by molar-refractivity contribution is -0.132. The Hall–Kier alpha value is -4.18. The Bertz CT molecular complexity index is 1900. The Morgan fingerprint density at radius 3 is 2.56 bits per heavy atom. The first-order valence-electron chi connectivity index (χ1n) is 14.5. The molecule has 10 heteroatoms.